The van der Waals surface area contributed by atoms with Gasteiger partial charge in [-0.25, -0.2) is 4.79 Å². The van der Waals surface area contributed by atoms with Gasteiger partial charge < -0.3 is 15.7 Å². The molecule has 1 unspecified atom stereocenters. The van der Waals surface area contributed by atoms with Crippen molar-refractivity contribution >= 4 is 17.4 Å². The van der Waals surface area contributed by atoms with E-state index in [1.807, 2.05) is 30.3 Å². The van der Waals surface area contributed by atoms with Gasteiger partial charge in [-0.1, -0.05) is 36.4 Å². The van der Waals surface area contributed by atoms with Gasteiger partial charge in [0.1, 0.15) is 0 Å². The van der Waals surface area contributed by atoms with E-state index in [4.69, 9.17) is 0 Å². The quantitative estimate of drug-likeness (QED) is 0.559. The van der Waals surface area contributed by atoms with Crippen molar-refractivity contribution < 1.29 is 14.8 Å². The molecule has 0 heterocycles. The predicted octanol–water partition coefficient (Wildman–Crippen LogP) is 3.15. The topological polar surface area (TPSA) is 105 Å². The minimum absolute atomic E-state index is 0.0876. The van der Waals surface area contributed by atoms with Crippen LogP contribution in [0.1, 0.15) is 23.7 Å². The van der Waals surface area contributed by atoms with E-state index in [1.165, 1.54) is 12.1 Å². The third-order valence-electron chi connectivity index (χ3n) is 3.57. The van der Waals surface area contributed by atoms with Gasteiger partial charge >= 0.3 is 6.03 Å². The van der Waals surface area contributed by atoms with Gasteiger partial charge in [0.15, 0.2) is 0 Å². The van der Waals surface area contributed by atoms with Gasteiger partial charge in [-0.2, -0.15) is 0 Å². The Morgan fingerprint density at radius 1 is 1.25 bits per heavy atom. The Bertz CT molecular complexity index is 719. The lowest BCUT2D eigenvalue weighted by Crippen LogP contribution is -2.30. The molecule has 0 fully saturated rings. The van der Waals surface area contributed by atoms with Crippen molar-refractivity contribution in [2.75, 3.05) is 11.9 Å². The molecule has 1 atom stereocenters. The number of nitro benzene ring substituents is 1. The Kier molecular flexibility index (Phi) is 5.86. The van der Waals surface area contributed by atoms with Crippen LogP contribution in [0, 0.1) is 17.0 Å². The van der Waals surface area contributed by atoms with Crippen LogP contribution in [0.4, 0.5) is 16.2 Å². The molecule has 7 heteroatoms. The van der Waals surface area contributed by atoms with Crippen molar-refractivity contribution in [2.24, 2.45) is 0 Å². The van der Waals surface area contributed by atoms with E-state index < -0.39 is 17.1 Å². The maximum Gasteiger partial charge on any atom is 0.319 e. The lowest BCUT2D eigenvalue weighted by atomic mass is 10.1. The lowest BCUT2D eigenvalue weighted by Gasteiger charge is -2.13. The van der Waals surface area contributed by atoms with Crippen LogP contribution in [-0.2, 0) is 0 Å². The lowest BCUT2D eigenvalue weighted by molar-refractivity contribution is -0.384. The van der Waals surface area contributed by atoms with Crippen LogP contribution < -0.4 is 10.6 Å². The Hall–Kier alpha value is -2.93. The second kappa shape index (κ2) is 8.07. The number of hydrogen-bond donors (Lipinski definition) is 3. The average Bonchev–Trinajstić information content (AvgIpc) is 2.57. The monoisotopic (exact) mass is 329 g/mol. The Morgan fingerprint density at radius 2 is 1.96 bits per heavy atom. The molecule has 2 aromatic rings. The Labute approximate surface area is 139 Å². The largest absolute Gasteiger partial charge is 0.388 e. The third-order valence-corrected chi connectivity index (χ3v) is 3.57. The van der Waals surface area contributed by atoms with Crippen LogP contribution in [0.2, 0.25) is 0 Å². The first-order valence-electron chi connectivity index (χ1n) is 7.50. The molecular formula is C17H19N3O4. The molecule has 3 N–H and O–H groups in total. The van der Waals surface area contributed by atoms with Crippen molar-refractivity contribution in [3.8, 4) is 0 Å². The number of benzene rings is 2. The van der Waals surface area contributed by atoms with E-state index in [1.54, 1.807) is 13.0 Å². The molecule has 0 saturated carbocycles. The molecule has 0 bridgehead atoms. The third kappa shape index (κ3) is 4.79. The molecule has 0 spiro atoms. The Morgan fingerprint density at radius 3 is 2.62 bits per heavy atom. The highest BCUT2D eigenvalue weighted by atomic mass is 16.6. The summed E-state index contributed by atoms with van der Waals surface area (Å²) in [6.07, 6.45) is -0.295. The van der Waals surface area contributed by atoms with Crippen molar-refractivity contribution in [2.45, 2.75) is 19.4 Å². The number of nitrogens with one attached hydrogen (secondary N) is 2. The maximum absolute atomic E-state index is 11.9. The first-order valence-corrected chi connectivity index (χ1v) is 7.50. The fourth-order valence-electron chi connectivity index (χ4n) is 2.19. The molecule has 0 radical (unpaired) electrons. The summed E-state index contributed by atoms with van der Waals surface area (Å²) in [5.41, 5.74) is 1.80. The minimum Gasteiger partial charge on any atom is -0.388 e. The number of aryl methyl sites for hydroxylation is 1. The first-order chi connectivity index (χ1) is 11.5. The van der Waals surface area contributed by atoms with Crippen molar-refractivity contribution in [3.05, 3.63) is 69.8 Å². The summed E-state index contributed by atoms with van der Waals surface area (Å²) in [5, 5.41) is 26.0. The van der Waals surface area contributed by atoms with Gasteiger partial charge in [-0.3, -0.25) is 10.1 Å². The number of carbonyl (C=O) groups excluding carboxylic acids is 1. The van der Waals surface area contributed by atoms with Crippen molar-refractivity contribution in [1.82, 2.24) is 5.32 Å². The predicted molar refractivity (Wildman–Crippen MR) is 90.9 cm³/mol. The molecule has 0 saturated heterocycles. The molecule has 126 valence electrons. The van der Waals surface area contributed by atoms with Crippen LogP contribution in [0.5, 0.6) is 0 Å². The number of aliphatic hydroxyl groups excluding tert-OH is 1. The summed E-state index contributed by atoms with van der Waals surface area (Å²) in [4.78, 5) is 22.2. The summed E-state index contributed by atoms with van der Waals surface area (Å²) < 4.78 is 0. The molecule has 2 amide bonds. The van der Waals surface area contributed by atoms with Gasteiger partial charge in [0.05, 0.1) is 16.7 Å². The number of urea groups is 1. The maximum atomic E-state index is 11.9. The second-order valence-electron chi connectivity index (χ2n) is 5.35. The molecule has 7 nitrogen and oxygen atoms in total. The van der Waals surface area contributed by atoms with Crippen LogP contribution >= 0.6 is 0 Å². The van der Waals surface area contributed by atoms with E-state index >= 15 is 0 Å². The van der Waals surface area contributed by atoms with E-state index in [0.717, 1.165) is 11.1 Å². The number of anilines is 1. The van der Waals surface area contributed by atoms with E-state index in [0.29, 0.717) is 12.1 Å². The van der Waals surface area contributed by atoms with Crippen LogP contribution in [-0.4, -0.2) is 22.6 Å². The number of carbonyl (C=O) groups is 1. The molecule has 2 rings (SSSR count). The summed E-state index contributed by atoms with van der Waals surface area (Å²) in [5.74, 6) is 0. The molecule has 2 aromatic carbocycles. The van der Waals surface area contributed by atoms with Gasteiger partial charge in [0, 0.05) is 18.7 Å². The SMILES string of the molecule is Cc1ccc([N+](=O)[O-])cc1NC(=O)NCCC(O)c1ccccc1. The van der Waals surface area contributed by atoms with E-state index in [-0.39, 0.29) is 12.2 Å². The highest BCUT2D eigenvalue weighted by Gasteiger charge is 2.12. The number of nitrogens with zero attached hydrogens (tertiary/aromatic N) is 1. The summed E-state index contributed by atoms with van der Waals surface area (Å²) in [6, 6.07) is 13.0. The molecule has 0 aliphatic heterocycles. The Balaban J connectivity index is 1.85. The van der Waals surface area contributed by atoms with Gasteiger partial charge in [0.2, 0.25) is 0 Å². The highest BCUT2D eigenvalue weighted by Crippen LogP contribution is 2.21. The van der Waals surface area contributed by atoms with Crippen LogP contribution in [0.3, 0.4) is 0 Å². The molecule has 0 aliphatic carbocycles. The standard InChI is InChI=1S/C17H19N3O4/c1-12-7-8-14(20(23)24)11-15(12)19-17(22)18-10-9-16(21)13-5-3-2-4-6-13/h2-8,11,16,21H,9-10H2,1H3,(H2,18,19,22). The zero-order valence-corrected chi connectivity index (χ0v) is 13.2. The van der Waals surface area contributed by atoms with Gasteiger partial charge in [-0.15, -0.1) is 0 Å². The summed E-state index contributed by atoms with van der Waals surface area (Å²) in [6.45, 7) is 2.02. The zero-order valence-electron chi connectivity index (χ0n) is 13.2. The molecule has 0 aromatic heterocycles. The molecular weight excluding hydrogens is 310 g/mol. The number of hydrogen-bond acceptors (Lipinski definition) is 4. The minimum atomic E-state index is -0.661. The van der Waals surface area contributed by atoms with E-state index in [9.17, 15) is 20.0 Å². The number of aliphatic hydroxyl groups is 1. The smallest absolute Gasteiger partial charge is 0.319 e. The van der Waals surface area contributed by atoms with Crippen LogP contribution in [0.15, 0.2) is 48.5 Å². The van der Waals surface area contributed by atoms with Gasteiger partial charge in [0.25, 0.3) is 5.69 Å². The normalized spacial score (nSPS) is 11.6. The average molecular weight is 329 g/mol. The zero-order chi connectivity index (χ0) is 17.5. The molecule has 24 heavy (non-hydrogen) atoms. The van der Waals surface area contributed by atoms with Crippen LogP contribution in [0.25, 0.3) is 0 Å². The van der Waals surface area contributed by atoms with Gasteiger partial charge in [-0.05, 0) is 24.5 Å². The molecule has 0 aliphatic rings. The number of amides is 2. The van der Waals surface area contributed by atoms with Crippen molar-refractivity contribution in [1.29, 1.82) is 0 Å². The number of non-ortho nitro benzene ring substituents is 1. The fraction of sp³-hybridized carbons (Fsp3) is 0.235. The summed E-state index contributed by atoms with van der Waals surface area (Å²) >= 11 is 0. The van der Waals surface area contributed by atoms with Crippen molar-refractivity contribution in [3.63, 3.8) is 0 Å². The first kappa shape index (κ1) is 17.4. The number of rotatable bonds is 6. The van der Waals surface area contributed by atoms with E-state index in [2.05, 4.69) is 10.6 Å². The fourth-order valence-corrected chi connectivity index (χ4v) is 2.19. The second-order valence-corrected chi connectivity index (χ2v) is 5.35. The summed E-state index contributed by atoms with van der Waals surface area (Å²) in [7, 11) is 0. The highest BCUT2D eigenvalue weighted by molar-refractivity contribution is 5.90. The number of nitro groups is 1.